The van der Waals surface area contributed by atoms with Gasteiger partial charge in [-0.15, -0.1) is 0 Å². The van der Waals surface area contributed by atoms with Crippen molar-refractivity contribution in [2.24, 2.45) is 5.92 Å². The fourth-order valence-corrected chi connectivity index (χ4v) is 3.11. The Hall–Kier alpha value is -1.88. The Kier molecular flexibility index (Phi) is 3.92. The fourth-order valence-electron chi connectivity index (χ4n) is 3.11. The molecular formula is C16H19FN2O2. The number of carbonyl (C=O) groups is 1. The molecule has 0 fully saturated rings. The van der Waals surface area contributed by atoms with Crippen molar-refractivity contribution in [3.05, 3.63) is 47.3 Å². The number of urea groups is 1. The summed E-state index contributed by atoms with van der Waals surface area (Å²) in [7, 11) is 0. The van der Waals surface area contributed by atoms with Gasteiger partial charge in [0.1, 0.15) is 5.82 Å². The van der Waals surface area contributed by atoms with Gasteiger partial charge in [0, 0.05) is 18.6 Å². The van der Waals surface area contributed by atoms with E-state index in [1.54, 1.807) is 6.07 Å². The van der Waals surface area contributed by atoms with Crippen molar-refractivity contribution in [1.82, 2.24) is 10.6 Å². The first kappa shape index (κ1) is 14.1. The monoisotopic (exact) mass is 290 g/mol. The molecule has 0 bridgehead atoms. The van der Waals surface area contributed by atoms with Gasteiger partial charge in [-0.3, -0.25) is 0 Å². The lowest BCUT2D eigenvalue weighted by Gasteiger charge is -2.18. The van der Waals surface area contributed by atoms with Crippen molar-refractivity contribution in [1.29, 1.82) is 0 Å². The van der Waals surface area contributed by atoms with Crippen LogP contribution in [0, 0.1) is 11.7 Å². The van der Waals surface area contributed by atoms with Crippen LogP contribution in [0.1, 0.15) is 30.0 Å². The second-order valence-corrected chi connectivity index (χ2v) is 5.72. The Bertz CT molecular complexity index is 573. The number of nitrogens with one attached hydrogen (secondary N) is 2. The number of hydrogen-bond donors (Lipinski definition) is 3. The Balaban J connectivity index is 1.58. The molecule has 4 nitrogen and oxygen atoms in total. The van der Waals surface area contributed by atoms with Crippen molar-refractivity contribution in [2.75, 3.05) is 6.61 Å². The zero-order valence-corrected chi connectivity index (χ0v) is 11.7. The average Bonchev–Trinajstić information content (AvgIpc) is 3.06. The maximum absolute atomic E-state index is 13.3. The number of hydrogen-bond acceptors (Lipinski definition) is 2. The molecule has 2 aliphatic carbocycles. The van der Waals surface area contributed by atoms with Crippen LogP contribution in [0.2, 0.25) is 0 Å². The molecule has 1 aromatic rings. The molecule has 0 unspecified atom stereocenters. The molecule has 3 N–H and O–H groups in total. The SMILES string of the molecule is O=C(N[C@@H]1C=C[C@H](CO)C1)N[C@H]1CCc2ccc(F)cc21. The van der Waals surface area contributed by atoms with Crippen LogP contribution < -0.4 is 10.6 Å². The van der Waals surface area contributed by atoms with Crippen LogP contribution in [0.5, 0.6) is 0 Å². The summed E-state index contributed by atoms with van der Waals surface area (Å²) >= 11 is 0. The van der Waals surface area contributed by atoms with Gasteiger partial charge in [0.2, 0.25) is 0 Å². The minimum atomic E-state index is -0.271. The molecule has 0 heterocycles. The van der Waals surface area contributed by atoms with Crippen molar-refractivity contribution in [3.8, 4) is 0 Å². The van der Waals surface area contributed by atoms with E-state index in [9.17, 15) is 9.18 Å². The molecule has 2 amide bonds. The van der Waals surface area contributed by atoms with Gasteiger partial charge in [-0.1, -0.05) is 18.2 Å². The van der Waals surface area contributed by atoms with Crippen molar-refractivity contribution in [2.45, 2.75) is 31.3 Å². The first-order valence-corrected chi connectivity index (χ1v) is 7.30. The molecule has 0 saturated carbocycles. The van der Waals surface area contributed by atoms with Crippen LogP contribution in [-0.4, -0.2) is 23.8 Å². The molecule has 112 valence electrons. The molecular weight excluding hydrogens is 271 g/mol. The summed E-state index contributed by atoms with van der Waals surface area (Å²) in [4.78, 5) is 12.0. The van der Waals surface area contributed by atoms with Crippen LogP contribution in [0.15, 0.2) is 30.4 Å². The van der Waals surface area contributed by atoms with E-state index in [-0.39, 0.29) is 36.5 Å². The van der Waals surface area contributed by atoms with Crippen LogP contribution in [0.4, 0.5) is 9.18 Å². The second-order valence-electron chi connectivity index (χ2n) is 5.72. The summed E-state index contributed by atoms with van der Waals surface area (Å²) in [6.45, 7) is 0.103. The molecule has 0 aliphatic heterocycles. The summed E-state index contributed by atoms with van der Waals surface area (Å²) in [5.41, 5.74) is 1.98. The topological polar surface area (TPSA) is 61.4 Å². The van der Waals surface area contributed by atoms with Gasteiger partial charge in [0.25, 0.3) is 0 Å². The lowest BCUT2D eigenvalue weighted by atomic mass is 10.1. The van der Waals surface area contributed by atoms with E-state index in [1.807, 2.05) is 12.2 Å². The molecule has 5 heteroatoms. The number of aliphatic hydroxyl groups is 1. The van der Waals surface area contributed by atoms with Crippen LogP contribution in [0.3, 0.4) is 0 Å². The summed E-state index contributed by atoms with van der Waals surface area (Å²) in [5.74, 6) is -0.149. The Morgan fingerprint density at radius 2 is 2.19 bits per heavy atom. The quantitative estimate of drug-likeness (QED) is 0.746. The molecule has 3 rings (SSSR count). The van der Waals surface area contributed by atoms with Crippen LogP contribution in [-0.2, 0) is 6.42 Å². The van der Waals surface area contributed by atoms with Crippen molar-refractivity contribution in [3.63, 3.8) is 0 Å². The van der Waals surface area contributed by atoms with Gasteiger partial charge in [0.05, 0.1) is 6.04 Å². The predicted molar refractivity (Wildman–Crippen MR) is 77.3 cm³/mol. The number of benzene rings is 1. The number of aliphatic hydroxyl groups excluding tert-OH is 1. The van der Waals surface area contributed by atoms with E-state index < -0.39 is 0 Å². The zero-order valence-electron chi connectivity index (χ0n) is 11.7. The van der Waals surface area contributed by atoms with Gasteiger partial charge in [0.15, 0.2) is 0 Å². The number of fused-ring (bicyclic) bond motifs is 1. The van der Waals surface area contributed by atoms with Crippen molar-refractivity contribution < 1.29 is 14.3 Å². The lowest BCUT2D eigenvalue weighted by Crippen LogP contribution is -2.42. The average molecular weight is 290 g/mol. The van der Waals surface area contributed by atoms with E-state index >= 15 is 0 Å². The lowest BCUT2D eigenvalue weighted by molar-refractivity contribution is 0.228. The third-order valence-corrected chi connectivity index (χ3v) is 4.21. The Morgan fingerprint density at radius 3 is 2.95 bits per heavy atom. The molecule has 2 aliphatic rings. The van der Waals surface area contributed by atoms with E-state index in [0.29, 0.717) is 0 Å². The molecule has 0 saturated heterocycles. The van der Waals surface area contributed by atoms with Gasteiger partial charge in [-0.05, 0) is 42.5 Å². The third kappa shape index (κ3) is 3.08. The highest BCUT2D eigenvalue weighted by molar-refractivity contribution is 5.75. The standard InChI is InChI=1S/C16H19FN2O2/c17-12-4-2-11-3-6-15(14(11)8-12)19-16(21)18-13-5-1-10(7-13)9-20/h1-2,4-5,8,10,13,15,20H,3,6-7,9H2,(H2,18,19,21)/t10-,13+,15-/m0/s1. The van der Waals surface area contributed by atoms with Gasteiger partial charge in [-0.25, -0.2) is 9.18 Å². The zero-order chi connectivity index (χ0) is 14.8. The van der Waals surface area contributed by atoms with E-state index in [4.69, 9.17) is 5.11 Å². The molecule has 3 atom stereocenters. The van der Waals surface area contributed by atoms with Gasteiger partial charge in [-0.2, -0.15) is 0 Å². The van der Waals surface area contributed by atoms with Crippen molar-refractivity contribution >= 4 is 6.03 Å². The summed E-state index contributed by atoms with van der Waals surface area (Å²) in [6, 6.07) is 4.33. The summed E-state index contributed by atoms with van der Waals surface area (Å²) in [6.07, 6.45) is 6.20. The normalized spacial score (nSPS) is 26.7. The smallest absolute Gasteiger partial charge is 0.315 e. The largest absolute Gasteiger partial charge is 0.396 e. The highest BCUT2D eigenvalue weighted by atomic mass is 19.1. The van der Waals surface area contributed by atoms with E-state index in [2.05, 4.69) is 10.6 Å². The van der Waals surface area contributed by atoms with E-state index in [1.165, 1.54) is 12.1 Å². The fraction of sp³-hybridized carbons (Fsp3) is 0.438. The third-order valence-electron chi connectivity index (χ3n) is 4.21. The first-order valence-electron chi connectivity index (χ1n) is 7.30. The molecule has 21 heavy (non-hydrogen) atoms. The molecule has 1 aromatic carbocycles. The second kappa shape index (κ2) is 5.85. The summed E-state index contributed by atoms with van der Waals surface area (Å²) < 4.78 is 13.3. The number of aryl methyl sites for hydroxylation is 1. The van der Waals surface area contributed by atoms with E-state index in [0.717, 1.165) is 30.4 Å². The molecule has 0 radical (unpaired) electrons. The maximum Gasteiger partial charge on any atom is 0.315 e. The number of carbonyl (C=O) groups excluding carboxylic acids is 1. The highest BCUT2D eigenvalue weighted by Crippen LogP contribution is 2.31. The highest BCUT2D eigenvalue weighted by Gasteiger charge is 2.26. The predicted octanol–water partition coefficient (Wildman–Crippen LogP) is 2.05. The minimum absolute atomic E-state index is 0.0458. The first-order chi connectivity index (χ1) is 10.2. The van der Waals surface area contributed by atoms with Crippen LogP contribution in [0.25, 0.3) is 0 Å². The van der Waals surface area contributed by atoms with Gasteiger partial charge >= 0.3 is 6.03 Å². The molecule has 0 aromatic heterocycles. The Morgan fingerprint density at radius 1 is 1.33 bits per heavy atom. The summed E-state index contributed by atoms with van der Waals surface area (Å²) in [5, 5.41) is 14.9. The molecule has 0 spiro atoms. The minimum Gasteiger partial charge on any atom is -0.396 e. The Labute approximate surface area is 123 Å². The number of halogens is 1. The number of rotatable bonds is 3. The van der Waals surface area contributed by atoms with Gasteiger partial charge < -0.3 is 15.7 Å². The van der Waals surface area contributed by atoms with Crippen LogP contribution >= 0.6 is 0 Å². The maximum atomic E-state index is 13.3. The number of amides is 2.